The summed E-state index contributed by atoms with van der Waals surface area (Å²) in [4.78, 5) is 9.15. The number of nitrogens with zero attached hydrogens (tertiary/aromatic N) is 2. The number of hydrogen-bond donors (Lipinski definition) is 0. The molecule has 0 aliphatic rings. The summed E-state index contributed by atoms with van der Waals surface area (Å²) in [6.07, 6.45) is 2.26. The third-order valence-corrected chi connectivity index (χ3v) is 12.6. The molecule has 0 fully saturated rings. The quantitative estimate of drug-likeness (QED) is 0.123. The maximum atomic E-state index is 8.76. The van der Waals surface area contributed by atoms with Crippen LogP contribution in [0, 0.1) is 17.5 Å². The zero-order valence-electron chi connectivity index (χ0n) is 33.1. The fourth-order valence-corrected chi connectivity index (χ4v) is 8.81. The average molecular weight is 899 g/mol. The molecule has 0 atom stereocenters. The maximum absolute atomic E-state index is 8.76. The Bertz CT molecular complexity index is 2340. The summed E-state index contributed by atoms with van der Waals surface area (Å²) in [5.41, 5.74) is 8.45. The van der Waals surface area contributed by atoms with Gasteiger partial charge in [-0.2, -0.15) is 0 Å². The molecule has 5 heteroatoms. The molecule has 7 aromatic rings. The van der Waals surface area contributed by atoms with Crippen LogP contribution in [0.3, 0.4) is 0 Å². The molecule has 3 aromatic heterocycles. The number of benzene rings is 4. The second-order valence-electron chi connectivity index (χ2n) is 14.7. The van der Waals surface area contributed by atoms with Crippen molar-refractivity contribution in [2.45, 2.75) is 64.2 Å². The van der Waals surface area contributed by atoms with Crippen molar-refractivity contribution in [2.75, 3.05) is 0 Å². The molecule has 0 amide bonds. The molecule has 1 radical (unpaired) electrons. The Morgan fingerprint density at radius 2 is 1.56 bits per heavy atom. The minimum absolute atomic E-state index is 0. The van der Waals surface area contributed by atoms with Gasteiger partial charge in [-0.1, -0.05) is 78.9 Å². The molecule has 4 aromatic carbocycles. The van der Waals surface area contributed by atoms with Crippen LogP contribution in [0.4, 0.5) is 0 Å². The third-order valence-electron chi connectivity index (χ3n) is 8.34. The van der Waals surface area contributed by atoms with Gasteiger partial charge < -0.3 is 9.40 Å². The van der Waals surface area contributed by atoms with Crippen LogP contribution in [-0.4, -0.2) is 23.2 Å². The van der Waals surface area contributed by atoms with Gasteiger partial charge in [0.2, 0.25) is 0 Å². The van der Waals surface area contributed by atoms with Crippen LogP contribution < -0.4 is 4.40 Å². The van der Waals surface area contributed by atoms with Crippen molar-refractivity contribution >= 4 is 39.6 Å². The van der Waals surface area contributed by atoms with Crippen molar-refractivity contribution < 1.29 is 28.6 Å². The maximum Gasteiger partial charge on any atom is 0 e. The summed E-state index contributed by atoms with van der Waals surface area (Å²) in [5, 5.41) is 2.12. The molecule has 0 bridgehead atoms. The van der Waals surface area contributed by atoms with E-state index in [0.29, 0.717) is 0 Å². The normalized spacial score (nSPS) is 13.1. The zero-order chi connectivity index (χ0) is 37.5. The van der Waals surface area contributed by atoms with Gasteiger partial charge in [-0.05, 0) is 34.8 Å². The van der Waals surface area contributed by atoms with Crippen molar-refractivity contribution in [1.82, 2.24) is 9.97 Å². The van der Waals surface area contributed by atoms with Gasteiger partial charge in [0.15, 0.2) is 0 Å². The summed E-state index contributed by atoms with van der Waals surface area (Å²) < 4.78 is 33.3. The number of fused-ring (bicyclic) bond motifs is 3. The van der Waals surface area contributed by atoms with E-state index in [1.807, 2.05) is 114 Å². The molecule has 7 rings (SSSR count). The second-order valence-corrected chi connectivity index (χ2v) is 25.3. The van der Waals surface area contributed by atoms with Crippen LogP contribution in [0.15, 0.2) is 120 Å². The van der Waals surface area contributed by atoms with Gasteiger partial charge >= 0.3 is 135 Å². The van der Waals surface area contributed by atoms with Crippen LogP contribution in [-0.2, 0) is 26.5 Å². The summed E-state index contributed by atoms with van der Waals surface area (Å²) in [5.74, 6) is 6.17. The Morgan fingerprint density at radius 1 is 0.800 bits per heavy atom. The Kier molecular flexibility index (Phi) is 10.4. The summed E-state index contributed by atoms with van der Waals surface area (Å²) in [6, 6.07) is 40.6. The standard InChI is InChI=1S/C26H20NO.C19H26GeN.Ir/c1-17(2)19-13-14-27-24(15-19)23-10-6-9-22-21-12-11-20(16-25(21)28-26(22)23)18-7-4-3-5-8-18;1-19(2,3)13-16-12-18(15-10-8-7-9-11-15)21-14-17(16)20(4,5)6;/h3-9,11-17H,1-2H3;7-10,12,14H,13H2,1-6H3;/q2*-1;/i17D;13D2;. The monoisotopic (exact) mass is 900 g/mol. The van der Waals surface area contributed by atoms with E-state index in [1.165, 1.54) is 0 Å². The molecule has 0 saturated heterocycles. The molecule has 0 spiro atoms. The molecule has 0 aliphatic heterocycles. The molecular formula is C45H46GeIrN2O-2. The van der Waals surface area contributed by atoms with Crippen LogP contribution in [0.25, 0.3) is 55.6 Å². The number of aromatic nitrogens is 2. The van der Waals surface area contributed by atoms with Gasteiger partial charge in [0, 0.05) is 33.1 Å². The predicted octanol–water partition coefficient (Wildman–Crippen LogP) is 11.9. The topological polar surface area (TPSA) is 38.9 Å². The van der Waals surface area contributed by atoms with Crippen LogP contribution in [0.2, 0.25) is 17.3 Å². The summed E-state index contributed by atoms with van der Waals surface area (Å²) >= 11 is -2.24. The molecule has 50 heavy (non-hydrogen) atoms. The van der Waals surface area contributed by atoms with Crippen molar-refractivity contribution in [1.29, 1.82) is 0 Å². The number of pyridine rings is 2. The van der Waals surface area contributed by atoms with E-state index < -0.39 is 30.9 Å². The Morgan fingerprint density at radius 3 is 2.24 bits per heavy atom. The van der Waals surface area contributed by atoms with E-state index in [4.69, 9.17) is 8.53 Å². The van der Waals surface area contributed by atoms with E-state index in [9.17, 15) is 0 Å². The van der Waals surface area contributed by atoms with E-state index in [-0.39, 0.29) is 20.1 Å². The zero-order valence-corrected chi connectivity index (χ0v) is 34.6. The fraction of sp³-hybridized carbons (Fsp3) is 0.244. The van der Waals surface area contributed by atoms with Gasteiger partial charge in [-0.3, -0.25) is 0 Å². The summed E-state index contributed by atoms with van der Waals surface area (Å²) in [7, 11) is 0. The van der Waals surface area contributed by atoms with Gasteiger partial charge in [0.1, 0.15) is 5.58 Å². The van der Waals surface area contributed by atoms with E-state index in [1.54, 1.807) is 6.20 Å². The third kappa shape index (κ3) is 8.72. The van der Waals surface area contributed by atoms with Crippen LogP contribution >= 0.6 is 0 Å². The van der Waals surface area contributed by atoms with E-state index >= 15 is 0 Å². The van der Waals surface area contributed by atoms with Crippen LogP contribution in [0.1, 0.15) is 55.8 Å². The van der Waals surface area contributed by atoms with Gasteiger partial charge in [0.25, 0.3) is 0 Å². The minimum atomic E-state index is -2.24. The molecule has 0 saturated carbocycles. The van der Waals surface area contributed by atoms with Crippen LogP contribution in [0.5, 0.6) is 0 Å². The number of furan rings is 1. The molecule has 0 N–H and O–H groups in total. The Labute approximate surface area is 318 Å². The Balaban J connectivity index is 0.000000207. The van der Waals surface area contributed by atoms with Crippen molar-refractivity contribution in [3.63, 3.8) is 0 Å². The van der Waals surface area contributed by atoms with E-state index in [0.717, 1.165) is 71.1 Å². The number of hydrogen-bond acceptors (Lipinski definition) is 3. The largest absolute Gasteiger partial charge is 0 e. The first-order chi connectivity index (χ1) is 24.4. The van der Waals surface area contributed by atoms with Crippen molar-refractivity contribution in [3.05, 3.63) is 139 Å². The predicted molar refractivity (Wildman–Crippen MR) is 210 cm³/mol. The second kappa shape index (κ2) is 15.6. The average Bonchev–Trinajstić information content (AvgIpc) is 3.49. The van der Waals surface area contributed by atoms with Gasteiger partial charge in [-0.25, -0.2) is 0 Å². The molecule has 3 nitrogen and oxygen atoms in total. The smallest absolute Gasteiger partial charge is 0 e. The SMILES string of the molecule is [2H]C(C)(C)c1ccnc(-c2[c-]ccc3c2oc2cc(-c4ccccc4)ccc23)c1.[2H]C([2H])(c1cc(-c2[c-]cccc2)nc[c]1[Ge]([CH3])([CH3])[CH3])C(C)(C)C.[Ir]. The first-order valence-corrected chi connectivity index (χ1v) is 24.2. The van der Waals surface area contributed by atoms with Gasteiger partial charge in [0.05, 0.1) is 5.58 Å². The first kappa shape index (κ1) is 33.3. The molecule has 257 valence electrons. The summed E-state index contributed by atoms with van der Waals surface area (Å²) in [6.45, 7) is 9.63. The minimum Gasteiger partial charge on any atom is 0 e. The number of rotatable bonds is 6. The van der Waals surface area contributed by atoms with Crippen molar-refractivity contribution in [2.24, 2.45) is 5.41 Å². The van der Waals surface area contributed by atoms with Gasteiger partial charge in [-0.15, -0.1) is 18.2 Å². The first-order valence-electron chi connectivity index (χ1n) is 18.3. The molecule has 0 aliphatic carbocycles. The fourth-order valence-electron chi connectivity index (χ4n) is 5.88. The Hall–Kier alpha value is -3.83. The van der Waals surface area contributed by atoms with Crippen molar-refractivity contribution in [3.8, 4) is 33.6 Å². The molecular weight excluding hydrogens is 849 g/mol. The van der Waals surface area contributed by atoms with E-state index in [2.05, 4.69) is 69.7 Å². The molecule has 0 unspecified atom stereocenters. The molecule has 3 heterocycles.